The Bertz CT molecular complexity index is 505. The Balaban J connectivity index is 3.09. The maximum Gasteiger partial charge on any atom is 0.252 e. The van der Waals surface area contributed by atoms with Gasteiger partial charge in [-0.05, 0) is 18.2 Å². The molecular weight excluding hydrogens is 254 g/mol. The van der Waals surface area contributed by atoms with E-state index in [1.807, 2.05) is 0 Å². The highest BCUT2D eigenvalue weighted by molar-refractivity contribution is 7.89. The van der Waals surface area contributed by atoms with Gasteiger partial charge in [0.05, 0.1) is 17.1 Å². The lowest BCUT2D eigenvalue weighted by atomic mass is 10.3. The molecule has 0 atom stereocenters. The molecule has 0 aliphatic heterocycles. The van der Waals surface area contributed by atoms with Gasteiger partial charge in [0.15, 0.2) is 0 Å². The van der Waals surface area contributed by atoms with E-state index in [1.165, 1.54) is 0 Å². The van der Waals surface area contributed by atoms with Crippen LogP contribution in [0.4, 0.5) is 14.5 Å². The summed E-state index contributed by atoms with van der Waals surface area (Å²) < 4.78 is 48.3. The largest absolute Gasteiger partial charge is 0.506 e. The fraction of sp³-hybridized carbons (Fsp3) is 0.333. The molecule has 0 saturated carbocycles. The number of phenolic OH excluding ortho intramolecular Hbond substituents is 1. The Labute approximate surface area is 97.5 Å². The molecule has 0 saturated heterocycles. The first-order valence-corrected chi connectivity index (χ1v) is 6.02. The summed E-state index contributed by atoms with van der Waals surface area (Å²) in [4.78, 5) is -0.240. The highest BCUT2D eigenvalue weighted by Gasteiger charge is 2.24. The molecule has 0 fully saturated rings. The van der Waals surface area contributed by atoms with Crippen LogP contribution in [0.15, 0.2) is 23.1 Å². The van der Waals surface area contributed by atoms with E-state index in [0.717, 1.165) is 25.2 Å². The van der Waals surface area contributed by atoms with Gasteiger partial charge in [-0.3, -0.25) is 0 Å². The molecule has 0 radical (unpaired) electrons. The number of aromatic hydroxyl groups is 1. The van der Waals surface area contributed by atoms with Crippen LogP contribution in [0.25, 0.3) is 0 Å². The summed E-state index contributed by atoms with van der Waals surface area (Å²) in [5.41, 5.74) is 5.21. The van der Waals surface area contributed by atoms with Crippen molar-refractivity contribution in [3.8, 4) is 5.75 Å². The van der Waals surface area contributed by atoms with Crippen LogP contribution in [-0.2, 0) is 10.0 Å². The summed E-state index contributed by atoms with van der Waals surface area (Å²) in [5, 5.41) is 9.14. The topological polar surface area (TPSA) is 83.6 Å². The lowest BCUT2D eigenvalue weighted by Crippen LogP contribution is -2.31. The molecule has 0 amide bonds. The van der Waals surface area contributed by atoms with Crippen LogP contribution in [0.1, 0.15) is 0 Å². The number of halogens is 2. The third-order valence-electron chi connectivity index (χ3n) is 2.10. The van der Waals surface area contributed by atoms with E-state index in [0.29, 0.717) is 4.31 Å². The smallest absolute Gasteiger partial charge is 0.252 e. The third kappa shape index (κ3) is 3.04. The van der Waals surface area contributed by atoms with Crippen LogP contribution < -0.4 is 5.73 Å². The minimum absolute atomic E-state index is 0.128. The van der Waals surface area contributed by atoms with Crippen molar-refractivity contribution in [1.82, 2.24) is 4.31 Å². The SMILES string of the molecule is CN(CC(F)F)S(=O)(=O)c1ccc(O)c(N)c1. The normalized spacial score (nSPS) is 12.3. The second-order valence-corrected chi connectivity index (χ2v) is 5.44. The van der Waals surface area contributed by atoms with Crippen LogP contribution in [0.3, 0.4) is 0 Å². The van der Waals surface area contributed by atoms with Gasteiger partial charge >= 0.3 is 0 Å². The second-order valence-electron chi connectivity index (χ2n) is 3.40. The number of nitrogens with two attached hydrogens (primary N) is 1. The van der Waals surface area contributed by atoms with Crippen molar-refractivity contribution in [2.24, 2.45) is 0 Å². The van der Waals surface area contributed by atoms with Crippen molar-refractivity contribution in [1.29, 1.82) is 0 Å². The van der Waals surface area contributed by atoms with Gasteiger partial charge in [-0.25, -0.2) is 17.2 Å². The summed E-state index contributed by atoms with van der Waals surface area (Å²) in [6.07, 6.45) is -2.76. The molecule has 3 N–H and O–H groups in total. The number of anilines is 1. The summed E-state index contributed by atoms with van der Waals surface area (Å²) in [6, 6.07) is 3.22. The van der Waals surface area contributed by atoms with Crippen molar-refractivity contribution < 1.29 is 22.3 Å². The Kier molecular flexibility index (Phi) is 3.89. The van der Waals surface area contributed by atoms with Crippen molar-refractivity contribution in [2.45, 2.75) is 11.3 Å². The first-order chi connectivity index (χ1) is 7.75. The number of hydrogen-bond donors (Lipinski definition) is 2. The fourth-order valence-electron chi connectivity index (χ4n) is 1.17. The summed E-state index contributed by atoms with van der Waals surface area (Å²) in [5.74, 6) is -0.263. The van der Waals surface area contributed by atoms with E-state index in [4.69, 9.17) is 10.8 Å². The molecule has 0 heterocycles. The average molecular weight is 266 g/mol. The number of nitrogens with zero attached hydrogens (tertiary/aromatic N) is 1. The van der Waals surface area contributed by atoms with Gasteiger partial charge in [-0.15, -0.1) is 0 Å². The predicted octanol–water partition coefficient (Wildman–Crippen LogP) is 0.860. The average Bonchev–Trinajstić information content (AvgIpc) is 2.20. The van der Waals surface area contributed by atoms with Gasteiger partial charge in [-0.1, -0.05) is 0 Å². The lowest BCUT2D eigenvalue weighted by Gasteiger charge is -2.16. The first-order valence-electron chi connectivity index (χ1n) is 4.58. The molecule has 1 aromatic carbocycles. The van der Waals surface area contributed by atoms with Crippen molar-refractivity contribution >= 4 is 15.7 Å². The Morgan fingerprint density at radius 3 is 2.53 bits per heavy atom. The molecule has 0 aliphatic rings. The van der Waals surface area contributed by atoms with Gasteiger partial charge in [0.2, 0.25) is 10.0 Å². The molecule has 0 unspecified atom stereocenters. The minimum atomic E-state index is -4.01. The molecule has 17 heavy (non-hydrogen) atoms. The zero-order valence-electron chi connectivity index (χ0n) is 8.97. The monoisotopic (exact) mass is 266 g/mol. The van der Waals surface area contributed by atoms with Crippen LogP contribution >= 0.6 is 0 Å². The lowest BCUT2D eigenvalue weighted by molar-refractivity contribution is 0.126. The third-order valence-corrected chi connectivity index (χ3v) is 3.92. The van der Waals surface area contributed by atoms with Gasteiger partial charge in [-0.2, -0.15) is 4.31 Å². The highest BCUT2D eigenvalue weighted by atomic mass is 32.2. The molecule has 0 spiro atoms. The number of alkyl halides is 2. The maximum absolute atomic E-state index is 12.1. The number of sulfonamides is 1. The maximum atomic E-state index is 12.1. The van der Waals surface area contributed by atoms with Gasteiger partial charge in [0, 0.05) is 7.05 Å². The van der Waals surface area contributed by atoms with E-state index in [9.17, 15) is 17.2 Å². The highest BCUT2D eigenvalue weighted by Crippen LogP contribution is 2.24. The van der Waals surface area contributed by atoms with Gasteiger partial charge < -0.3 is 10.8 Å². The van der Waals surface area contributed by atoms with Crippen molar-refractivity contribution in [3.05, 3.63) is 18.2 Å². The Morgan fingerprint density at radius 1 is 1.47 bits per heavy atom. The quantitative estimate of drug-likeness (QED) is 0.625. The number of rotatable bonds is 4. The number of hydrogen-bond acceptors (Lipinski definition) is 4. The molecule has 8 heteroatoms. The molecule has 0 bridgehead atoms. The van der Waals surface area contributed by atoms with Crippen LogP contribution in [0.5, 0.6) is 5.75 Å². The molecule has 96 valence electrons. The van der Waals surface area contributed by atoms with Crippen LogP contribution in [-0.4, -0.2) is 37.8 Å². The molecule has 0 aliphatic carbocycles. The molecule has 1 rings (SSSR count). The molecular formula is C9H12F2N2O3S. The van der Waals surface area contributed by atoms with Crippen LogP contribution in [0.2, 0.25) is 0 Å². The van der Waals surface area contributed by atoms with Crippen molar-refractivity contribution in [3.63, 3.8) is 0 Å². The van der Waals surface area contributed by atoms with Crippen molar-refractivity contribution in [2.75, 3.05) is 19.3 Å². The standard InChI is InChI=1S/C9H12F2N2O3S/c1-13(5-9(10)11)17(15,16)6-2-3-8(14)7(12)4-6/h2-4,9,14H,5,12H2,1H3. The summed E-state index contributed by atoms with van der Waals surface area (Å²) in [6.45, 7) is -0.900. The Morgan fingerprint density at radius 2 is 2.06 bits per heavy atom. The number of phenols is 1. The van der Waals surface area contributed by atoms with Gasteiger partial charge in [0.25, 0.3) is 6.43 Å². The molecule has 1 aromatic rings. The molecule has 0 aromatic heterocycles. The minimum Gasteiger partial charge on any atom is -0.506 e. The van der Waals surface area contributed by atoms with E-state index in [2.05, 4.69) is 0 Å². The zero-order valence-corrected chi connectivity index (χ0v) is 9.79. The predicted molar refractivity (Wildman–Crippen MR) is 58.3 cm³/mol. The Hall–Kier alpha value is -1.41. The van der Waals surface area contributed by atoms with Gasteiger partial charge in [0.1, 0.15) is 5.75 Å². The van der Waals surface area contributed by atoms with Crippen LogP contribution in [0, 0.1) is 0 Å². The number of nitrogen functional groups attached to an aromatic ring is 1. The van der Waals surface area contributed by atoms with E-state index < -0.39 is 23.0 Å². The number of benzene rings is 1. The first kappa shape index (κ1) is 13.7. The second kappa shape index (κ2) is 4.84. The van der Waals surface area contributed by atoms with E-state index >= 15 is 0 Å². The van der Waals surface area contributed by atoms with E-state index in [-0.39, 0.29) is 16.3 Å². The summed E-state index contributed by atoms with van der Waals surface area (Å²) in [7, 11) is -2.96. The molecule has 5 nitrogen and oxygen atoms in total. The zero-order chi connectivity index (χ0) is 13.2. The van der Waals surface area contributed by atoms with E-state index in [1.54, 1.807) is 0 Å². The fourth-order valence-corrected chi connectivity index (χ4v) is 2.35. The summed E-state index contributed by atoms with van der Waals surface area (Å²) >= 11 is 0.